The first kappa shape index (κ1) is 12.6. The molecule has 1 aliphatic carbocycles. The molecule has 0 amide bonds. The number of hydrogen-bond acceptors (Lipinski definition) is 4. The maximum atomic E-state index is 6.17. The molecule has 2 aromatic rings. The Kier molecular flexibility index (Phi) is 2.98. The van der Waals surface area contributed by atoms with E-state index in [4.69, 9.17) is 20.3 Å². The Labute approximate surface area is 123 Å². The molecule has 2 aliphatic rings. The largest absolute Gasteiger partial charge is 0.454 e. The van der Waals surface area contributed by atoms with Gasteiger partial charge in [-0.15, -0.1) is 0 Å². The van der Waals surface area contributed by atoms with Crippen molar-refractivity contribution in [2.24, 2.45) is 0 Å². The molecule has 1 aromatic heterocycles. The Morgan fingerprint density at radius 2 is 1.90 bits per heavy atom. The van der Waals surface area contributed by atoms with Crippen LogP contribution in [0, 0.1) is 0 Å². The summed E-state index contributed by atoms with van der Waals surface area (Å²) in [6.45, 7) is 0.283. The molecule has 0 radical (unpaired) electrons. The van der Waals surface area contributed by atoms with Gasteiger partial charge in [0.1, 0.15) is 5.69 Å². The van der Waals surface area contributed by atoms with Gasteiger partial charge in [-0.1, -0.05) is 19.3 Å². The van der Waals surface area contributed by atoms with E-state index in [1.54, 1.807) is 0 Å². The Hall–Kier alpha value is -2.17. The van der Waals surface area contributed by atoms with Crippen molar-refractivity contribution >= 4 is 5.69 Å². The van der Waals surface area contributed by atoms with Crippen molar-refractivity contribution < 1.29 is 9.47 Å². The standard InChI is InChI=1S/C16H19N3O2/c17-13-9-19(12-4-2-1-3-5-12)18-16(13)11-6-7-14-15(8-11)21-10-20-14/h6-9,12H,1-5,10,17H2. The summed E-state index contributed by atoms with van der Waals surface area (Å²) in [6.07, 6.45) is 8.26. The minimum absolute atomic E-state index is 0.283. The van der Waals surface area contributed by atoms with Gasteiger partial charge in [-0.3, -0.25) is 4.68 Å². The Morgan fingerprint density at radius 3 is 2.76 bits per heavy atom. The normalized spacial score (nSPS) is 18.1. The number of aromatic nitrogens is 2. The van der Waals surface area contributed by atoms with Crippen molar-refractivity contribution in [3.05, 3.63) is 24.4 Å². The minimum atomic E-state index is 0.283. The molecule has 4 rings (SSSR count). The summed E-state index contributed by atoms with van der Waals surface area (Å²) in [5.74, 6) is 1.54. The smallest absolute Gasteiger partial charge is 0.231 e. The number of hydrogen-bond donors (Lipinski definition) is 1. The van der Waals surface area contributed by atoms with E-state index in [0.717, 1.165) is 28.4 Å². The van der Waals surface area contributed by atoms with Crippen molar-refractivity contribution in [1.29, 1.82) is 0 Å². The summed E-state index contributed by atoms with van der Waals surface area (Å²) in [6, 6.07) is 6.34. The maximum absolute atomic E-state index is 6.17. The molecule has 1 aromatic carbocycles. The topological polar surface area (TPSA) is 62.3 Å². The number of benzene rings is 1. The quantitative estimate of drug-likeness (QED) is 0.919. The Balaban J connectivity index is 1.67. The molecular formula is C16H19N3O2. The van der Waals surface area contributed by atoms with Gasteiger partial charge in [-0.2, -0.15) is 5.10 Å². The van der Waals surface area contributed by atoms with Crippen LogP contribution >= 0.6 is 0 Å². The van der Waals surface area contributed by atoms with Crippen molar-refractivity contribution in [1.82, 2.24) is 9.78 Å². The molecule has 0 spiro atoms. The van der Waals surface area contributed by atoms with Crippen LogP contribution in [0.2, 0.25) is 0 Å². The molecule has 1 fully saturated rings. The first-order valence-corrected chi connectivity index (χ1v) is 7.56. The third-order valence-electron chi connectivity index (χ3n) is 4.36. The molecule has 0 bridgehead atoms. The molecule has 110 valence electrons. The highest BCUT2D eigenvalue weighted by molar-refractivity contribution is 5.74. The van der Waals surface area contributed by atoms with Gasteiger partial charge in [0.05, 0.1) is 11.7 Å². The number of anilines is 1. The highest BCUT2D eigenvalue weighted by Crippen LogP contribution is 2.37. The van der Waals surface area contributed by atoms with E-state index in [0.29, 0.717) is 6.04 Å². The lowest BCUT2D eigenvalue weighted by Crippen LogP contribution is -2.13. The fourth-order valence-electron chi connectivity index (χ4n) is 3.21. The molecule has 0 saturated heterocycles. The molecule has 2 N–H and O–H groups in total. The second-order valence-corrected chi connectivity index (χ2v) is 5.77. The predicted octanol–water partition coefficient (Wildman–Crippen LogP) is 3.37. The van der Waals surface area contributed by atoms with Crippen LogP contribution in [0.5, 0.6) is 11.5 Å². The van der Waals surface area contributed by atoms with Crippen molar-refractivity contribution in [3.8, 4) is 22.8 Å². The van der Waals surface area contributed by atoms with Crippen LogP contribution in [0.4, 0.5) is 5.69 Å². The van der Waals surface area contributed by atoms with Crippen LogP contribution in [0.1, 0.15) is 38.1 Å². The number of rotatable bonds is 2. The molecule has 5 nitrogen and oxygen atoms in total. The minimum Gasteiger partial charge on any atom is -0.454 e. The summed E-state index contributed by atoms with van der Waals surface area (Å²) < 4.78 is 12.8. The van der Waals surface area contributed by atoms with E-state index in [1.165, 1.54) is 32.1 Å². The number of fused-ring (bicyclic) bond motifs is 1. The van der Waals surface area contributed by atoms with Gasteiger partial charge in [-0.25, -0.2) is 0 Å². The fraction of sp³-hybridized carbons (Fsp3) is 0.438. The fourth-order valence-corrected chi connectivity index (χ4v) is 3.21. The molecular weight excluding hydrogens is 266 g/mol. The van der Waals surface area contributed by atoms with E-state index in [2.05, 4.69) is 4.68 Å². The van der Waals surface area contributed by atoms with E-state index in [-0.39, 0.29) is 6.79 Å². The lowest BCUT2D eigenvalue weighted by Gasteiger charge is -2.21. The molecule has 2 heterocycles. The van der Waals surface area contributed by atoms with Gasteiger partial charge < -0.3 is 15.2 Å². The number of ether oxygens (including phenoxy) is 2. The van der Waals surface area contributed by atoms with Crippen LogP contribution in [0.25, 0.3) is 11.3 Å². The highest BCUT2D eigenvalue weighted by Gasteiger charge is 2.20. The summed E-state index contributed by atoms with van der Waals surface area (Å²) >= 11 is 0. The number of nitrogens with two attached hydrogens (primary N) is 1. The zero-order valence-corrected chi connectivity index (χ0v) is 11.9. The lowest BCUT2D eigenvalue weighted by atomic mass is 9.96. The molecule has 0 unspecified atom stereocenters. The van der Waals surface area contributed by atoms with Crippen molar-refractivity contribution in [2.45, 2.75) is 38.1 Å². The van der Waals surface area contributed by atoms with Crippen molar-refractivity contribution in [3.63, 3.8) is 0 Å². The number of nitrogens with zero attached hydrogens (tertiary/aromatic N) is 2. The second-order valence-electron chi connectivity index (χ2n) is 5.77. The van der Waals surface area contributed by atoms with Gasteiger partial charge in [0.15, 0.2) is 11.5 Å². The monoisotopic (exact) mass is 285 g/mol. The molecule has 5 heteroatoms. The van der Waals surface area contributed by atoms with Crippen LogP contribution < -0.4 is 15.2 Å². The third-order valence-corrected chi connectivity index (χ3v) is 4.36. The van der Waals surface area contributed by atoms with Crippen LogP contribution in [-0.2, 0) is 0 Å². The van der Waals surface area contributed by atoms with Gasteiger partial charge in [-0.05, 0) is 31.0 Å². The summed E-state index contributed by atoms with van der Waals surface area (Å²) in [7, 11) is 0. The van der Waals surface area contributed by atoms with Crippen LogP contribution in [0.3, 0.4) is 0 Å². The SMILES string of the molecule is Nc1cn(C2CCCCC2)nc1-c1ccc2c(c1)OCO2. The first-order valence-electron chi connectivity index (χ1n) is 7.56. The summed E-state index contributed by atoms with van der Waals surface area (Å²) in [5, 5.41) is 4.72. The predicted molar refractivity (Wildman–Crippen MR) is 80.3 cm³/mol. The summed E-state index contributed by atoms with van der Waals surface area (Å²) in [4.78, 5) is 0. The van der Waals surface area contributed by atoms with Crippen molar-refractivity contribution in [2.75, 3.05) is 12.5 Å². The van der Waals surface area contributed by atoms with Gasteiger partial charge in [0.2, 0.25) is 6.79 Å². The van der Waals surface area contributed by atoms with E-state index >= 15 is 0 Å². The van der Waals surface area contributed by atoms with Gasteiger partial charge >= 0.3 is 0 Å². The lowest BCUT2D eigenvalue weighted by molar-refractivity contribution is 0.174. The first-order chi connectivity index (χ1) is 10.3. The molecule has 1 aliphatic heterocycles. The zero-order chi connectivity index (χ0) is 14.2. The zero-order valence-electron chi connectivity index (χ0n) is 11.9. The average molecular weight is 285 g/mol. The van der Waals surface area contributed by atoms with Crippen LogP contribution in [0.15, 0.2) is 24.4 Å². The van der Waals surface area contributed by atoms with E-state index < -0.39 is 0 Å². The second kappa shape index (κ2) is 4.98. The highest BCUT2D eigenvalue weighted by atomic mass is 16.7. The Morgan fingerprint density at radius 1 is 1.10 bits per heavy atom. The average Bonchev–Trinajstić information content (AvgIpc) is 3.13. The number of nitrogen functional groups attached to an aromatic ring is 1. The molecule has 0 atom stereocenters. The Bertz CT molecular complexity index is 660. The van der Waals surface area contributed by atoms with E-state index in [1.807, 2.05) is 24.4 Å². The molecule has 1 saturated carbocycles. The maximum Gasteiger partial charge on any atom is 0.231 e. The van der Waals surface area contributed by atoms with Crippen LogP contribution in [-0.4, -0.2) is 16.6 Å². The van der Waals surface area contributed by atoms with E-state index in [9.17, 15) is 0 Å². The molecule has 21 heavy (non-hydrogen) atoms. The van der Waals surface area contributed by atoms with Gasteiger partial charge in [0, 0.05) is 11.8 Å². The van der Waals surface area contributed by atoms with Gasteiger partial charge in [0.25, 0.3) is 0 Å². The summed E-state index contributed by atoms with van der Waals surface area (Å²) in [5.41, 5.74) is 8.70. The third kappa shape index (κ3) is 2.22.